The molecule has 112 valence electrons. The highest BCUT2D eigenvalue weighted by Gasteiger charge is 2.12. The summed E-state index contributed by atoms with van der Waals surface area (Å²) in [6.45, 7) is 0.0116. The summed E-state index contributed by atoms with van der Waals surface area (Å²) in [5, 5.41) is 12.7. The first kappa shape index (κ1) is 15.2. The molecule has 2 rings (SSSR count). The van der Waals surface area contributed by atoms with Crippen LogP contribution in [0, 0.1) is 17.5 Å². The predicted octanol–water partition coefficient (Wildman–Crippen LogP) is 3.26. The van der Waals surface area contributed by atoms with Crippen LogP contribution in [0.15, 0.2) is 36.4 Å². The SMILES string of the molecule is COc1cccc(C(O)CNc2cc(F)c(F)c(F)c2)c1. The Kier molecular flexibility index (Phi) is 4.70. The number of aliphatic hydroxyl groups is 1. The zero-order valence-electron chi connectivity index (χ0n) is 11.2. The molecule has 0 aliphatic rings. The van der Waals surface area contributed by atoms with Gasteiger partial charge >= 0.3 is 0 Å². The van der Waals surface area contributed by atoms with Crippen molar-refractivity contribution in [2.24, 2.45) is 0 Å². The Morgan fingerprint density at radius 2 is 1.81 bits per heavy atom. The van der Waals surface area contributed by atoms with Crippen LogP contribution in [0.25, 0.3) is 0 Å². The van der Waals surface area contributed by atoms with Gasteiger partial charge in [0, 0.05) is 24.4 Å². The summed E-state index contributed by atoms with van der Waals surface area (Å²) in [5.41, 5.74) is 0.637. The average molecular weight is 297 g/mol. The molecule has 0 fully saturated rings. The van der Waals surface area contributed by atoms with E-state index in [0.29, 0.717) is 11.3 Å². The van der Waals surface area contributed by atoms with Crippen LogP contribution in [0.5, 0.6) is 5.75 Å². The highest BCUT2D eigenvalue weighted by molar-refractivity contribution is 5.44. The fraction of sp³-hybridized carbons (Fsp3) is 0.200. The summed E-state index contributed by atoms with van der Waals surface area (Å²) in [5.74, 6) is -3.50. The standard InChI is InChI=1S/C15H14F3NO2/c1-21-11-4-2-3-9(5-11)14(20)8-19-10-6-12(16)15(18)13(17)7-10/h2-7,14,19-20H,8H2,1H3. The van der Waals surface area contributed by atoms with Crippen LogP contribution in [-0.4, -0.2) is 18.8 Å². The summed E-state index contributed by atoms with van der Waals surface area (Å²) in [6.07, 6.45) is -0.906. The molecule has 2 aromatic rings. The van der Waals surface area contributed by atoms with Crippen molar-refractivity contribution < 1.29 is 23.0 Å². The smallest absolute Gasteiger partial charge is 0.194 e. The summed E-state index contributed by atoms with van der Waals surface area (Å²) in [7, 11) is 1.51. The Hall–Kier alpha value is -2.21. The molecule has 0 aliphatic heterocycles. The van der Waals surface area contributed by atoms with Crippen molar-refractivity contribution in [3.05, 3.63) is 59.4 Å². The molecule has 0 bridgehead atoms. The largest absolute Gasteiger partial charge is 0.497 e. The Labute approximate surface area is 120 Å². The first-order valence-electron chi connectivity index (χ1n) is 6.21. The van der Waals surface area contributed by atoms with Crippen LogP contribution >= 0.6 is 0 Å². The van der Waals surface area contributed by atoms with E-state index in [4.69, 9.17) is 4.74 Å². The van der Waals surface area contributed by atoms with Gasteiger partial charge in [-0.2, -0.15) is 0 Å². The van der Waals surface area contributed by atoms with Crippen molar-refractivity contribution in [3.63, 3.8) is 0 Å². The third-order valence-electron chi connectivity index (χ3n) is 2.96. The Morgan fingerprint density at radius 1 is 1.14 bits per heavy atom. The van der Waals surface area contributed by atoms with Crippen molar-refractivity contribution in [2.75, 3.05) is 19.0 Å². The van der Waals surface area contributed by atoms with Gasteiger partial charge in [0.2, 0.25) is 0 Å². The molecule has 3 nitrogen and oxygen atoms in total. The fourth-order valence-corrected chi connectivity index (χ4v) is 1.84. The van der Waals surface area contributed by atoms with Gasteiger partial charge < -0.3 is 15.2 Å². The van der Waals surface area contributed by atoms with E-state index in [2.05, 4.69) is 5.32 Å². The highest BCUT2D eigenvalue weighted by atomic mass is 19.2. The molecule has 0 aliphatic carbocycles. The van der Waals surface area contributed by atoms with Crippen LogP contribution in [0.3, 0.4) is 0 Å². The summed E-state index contributed by atoms with van der Waals surface area (Å²) < 4.78 is 44.0. The molecule has 2 aromatic carbocycles. The monoisotopic (exact) mass is 297 g/mol. The number of anilines is 1. The minimum absolute atomic E-state index is 0.0116. The number of hydrogen-bond donors (Lipinski definition) is 2. The van der Waals surface area contributed by atoms with Gasteiger partial charge in [-0.05, 0) is 17.7 Å². The van der Waals surface area contributed by atoms with Crippen molar-refractivity contribution in [1.82, 2.24) is 0 Å². The maximum Gasteiger partial charge on any atom is 0.194 e. The molecule has 1 atom stereocenters. The van der Waals surface area contributed by atoms with Gasteiger partial charge in [0.05, 0.1) is 13.2 Å². The molecule has 6 heteroatoms. The number of halogens is 3. The molecule has 0 spiro atoms. The summed E-state index contributed by atoms with van der Waals surface area (Å²) in [4.78, 5) is 0. The van der Waals surface area contributed by atoms with Crippen molar-refractivity contribution >= 4 is 5.69 Å². The lowest BCUT2D eigenvalue weighted by Gasteiger charge is -2.14. The molecular formula is C15H14F3NO2. The molecule has 0 saturated carbocycles. The number of nitrogens with one attached hydrogen (secondary N) is 1. The topological polar surface area (TPSA) is 41.5 Å². The van der Waals surface area contributed by atoms with E-state index in [9.17, 15) is 18.3 Å². The fourth-order valence-electron chi connectivity index (χ4n) is 1.84. The van der Waals surface area contributed by atoms with E-state index >= 15 is 0 Å². The maximum absolute atomic E-state index is 13.1. The minimum Gasteiger partial charge on any atom is -0.497 e. The lowest BCUT2D eigenvalue weighted by Crippen LogP contribution is -2.12. The Morgan fingerprint density at radius 3 is 2.43 bits per heavy atom. The predicted molar refractivity (Wildman–Crippen MR) is 72.8 cm³/mol. The normalized spacial score (nSPS) is 12.0. The van der Waals surface area contributed by atoms with Gasteiger partial charge in [0.1, 0.15) is 5.75 Å². The number of methoxy groups -OCH3 is 1. The first-order chi connectivity index (χ1) is 10.0. The van der Waals surface area contributed by atoms with E-state index in [1.54, 1.807) is 24.3 Å². The van der Waals surface area contributed by atoms with Gasteiger partial charge in [-0.25, -0.2) is 13.2 Å². The van der Waals surface area contributed by atoms with Gasteiger partial charge in [-0.15, -0.1) is 0 Å². The number of rotatable bonds is 5. The third-order valence-corrected chi connectivity index (χ3v) is 2.96. The molecule has 0 aromatic heterocycles. The summed E-state index contributed by atoms with van der Waals surface area (Å²) >= 11 is 0. The van der Waals surface area contributed by atoms with E-state index in [1.807, 2.05) is 0 Å². The van der Waals surface area contributed by atoms with E-state index < -0.39 is 23.6 Å². The lowest BCUT2D eigenvalue weighted by atomic mass is 10.1. The van der Waals surface area contributed by atoms with Crippen LogP contribution in [-0.2, 0) is 0 Å². The Balaban J connectivity index is 2.05. The van der Waals surface area contributed by atoms with Crippen LogP contribution in [0.4, 0.5) is 18.9 Å². The van der Waals surface area contributed by atoms with Crippen LogP contribution in [0.1, 0.15) is 11.7 Å². The zero-order chi connectivity index (χ0) is 15.4. The zero-order valence-corrected chi connectivity index (χ0v) is 11.2. The lowest BCUT2D eigenvalue weighted by molar-refractivity contribution is 0.191. The minimum atomic E-state index is -1.52. The molecule has 0 saturated heterocycles. The second kappa shape index (κ2) is 6.49. The van der Waals surface area contributed by atoms with Crippen LogP contribution in [0.2, 0.25) is 0 Å². The number of benzene rings is 2. The average Bonchev–Trinajstić information content (AvgIpc) is 2.50. The third kappa shape index (κ3) is 3.66. The molecule has 0 radical (unpaired) electrons. The quantitative estimate of drug-likeness (QED) is 0.832. The maximum atomic E-state index is 13.1. The highest BCUT2D eigenvalue weighted by Crippen LogP contribution is 2.21. The van der Waals surface area contributed by atoms with Gasteiger partial charge in [0.25, 0.3) is 0 Å². The molecule has 0 heterocycles. The summed E-state index contributed by atoms with van der Waals surface area (Å²) in [6, 6.07) is 8.45. The van der Waals surface area contributed by atoms with Crippen molar-refractivity contribution in [2.45, 2.75) is 6.10 Å². The first-order valence-corrected chi connectivity index (χ1v) is 6.21. The van der Waals surface area contributed by atoms with Gasteiger partial charge in [-0.3, -0.25) is 0 Å². The van der Waals surface area contributed by atoms with Crippen molar-refractivity contribution in [3.8, 4) is 5.75 Å². The van der Waals surface area contributed by atoms with Gasteiger partial charge in [-0.1, -0.05) is 12.1 Å². The van der Waals surface area contributed by atoms with E-state index in [0.717, 1.165) is 12.1 Å². The van der Waals surface area contributed by atoms with Crippen molar-refractivity contribution in [1.29, 1.82) is 0 Å². The molecule has 2 N–H and O–H groups in total. The molecule has 21 heavy (non-hydrogen) atoms. The second-order valence-corrected chi connectivity index (χ2v) is 4.43. The number of ether oxygens (including phenoxy) is 1. The molecule has 1 unspecified atom stereocenters. The van der Waals surface area contributed by atoms with Gasteiger partial charge in [0.15, 0.2) is 17.5 Å². The molecule has 0 amide bonds. The Bertz CT molecular complexity index is 611. The number of aliphatic hydroxyl groups excluding tert-OH is 1. The van der Waals surface area contributed by atoms with E-state index in [1.165, 1.54) is 7.11 Å². The van der Waals surface area contributed by atoms with Crippen LogP contribution < -0.4 is 10.1 Å². The van der Waals surface area contributed by atoms with E-state index in [-0.39, 0.29) is 12.2 Å². The number of hydrogen-bond acceptors (Lipinski definition) is 3. The molecular weight excluding hydrogens is 283 g/mol. The second-order valence-electron chi connectivity index (χ2n) is 4.43.